The highest BCUT2D eigenvalue weighted by Gasteiger charge is 2.53. The molecule has 0 aliphatic heterocycles. The number of benzene rings is 1. The highest BCUT2D eigenvalue weighted by molar-refractivity contribution is 5.91. The number of rotatable bonds is 6. The molecule has 0 atom stereocenters. The highest BCUT2D eigenvalue weighted by atomic mass is 16.2. The molecule has 1 amide bonds. The summed E-state index contributed by atoms with van der Waals surface area (Å²) in [5, 5.41) is 0. The lowest BCUT2D eigenvalue weighted by Crippen LogP contribution is -2.49. The van der Waals surface area contributed by atoms with Gasteiger partial charge in [0.25, 0.3) is 0 Å². The molecule has 2 N–H and O–H groups in total. The second-order valence-corrected chi connectivity index (χ2v) is 6.17. The molecule has 0 saturated heterocycles. The summed E-state index contributed by atoms with van der Waals surface area (Å²) in [6, 6.07) is 10.8. The zero-order valence-electron chi connectivity index (χ0n) is 12.1. The highest BCUT2D eigenvalue weighted by Crippen LogP contribution is 2.50. The molecule has 2 aliphatic carbocycles. The molecule has 20 heavy (non-hydrogen) atoms. The van der Waals surface area contributed by atoms with Gasteiger partial charge in [0.15, 0.2) is 0 Å². The van der Waals surface area contributed by atoms with Gasteiger partial charge in [0, 0.05) is 12.6 Å². The first-order valence-electron chi connectivity index (χ1n) is 7.84. The first kappa shape index (κ1) is 13.6. The van der Waals surface area contributed by atoms with Gasteiger partial charge < -0.3 is 10.6 Å². The minimum absolute atomic E-state index is 0.217. The number of carbonyl (C=O) groups excluding carboxylic acids is 1. The molecule has 0 unspecified atom stereocenters. The van der Waals surface area contributed by atoms with Gasteiger partial charge in [0.05, 0.1) is 5.41 Å². The molecule has 2 aliphatic rings. The standard InChI is InChI=1S/C17H24N2O/c18-12-5-13-19(15-8-4-9-15)16(20)17(10-11-17)14-6-2-1-3-7-14/h1-3,6-7,15H,4-5,8-13,18H2. The molecule has 3 rings (SSSR count). The molecule has 0 radical (unpaired) electrons. The van der Waals surface area contributed by atoms with Crippen molar-refractivity contribution < 1.29 is 4.79 Å². The first-order chi connectivity index (χ1) is 9.78. The lowest BCUT2D eigenvalue weighted by atomic mass is 9.88. The Bertz CT molecular complexity index is 463. The van der Waals surface area contributed by atoms with Crippen LogP contribution in [0.1, 0.15) is 44.1 Å². The summed E-state index contributed by atoms with van der Waals surface area (Å²) < 4.78 is 0. The van der Waals surface area contributed by atoms with E-state index in [-0.39, 0.29) is 5.41 Å². The largest absolute Gasteiger partial charge is 0.339 e. The Morgan fingerprint density at radius 2 is 1.95 bits per heavy atom. The van der Waals surface area contributed by atoms with Crippen LogP contribution in [0.2, 0.25) is 0 Å². The predicted molar refractivity (Wildman–Crippen MR) is 80.4 cm³/mol. The van der Waals surface area contributed by atoms with Gasteiger partial charge in [-0.1, -0.05) is 30.3 Å². The third-order valence-electron chi connectivity index (χ3n) is 4.87. The Kier molecular flexibility index (Phi) is 3.79. The predicted octanol–water partition coefficient (Wildman–Crippen LogP) is 2.45. The molecule has 3 heteroatoms. The van der Waals surface area contributed by atoms with Gasteiger partial charge in [-0.3, -0.25) is 4.79 Å². The fourth-order valence-corrected chi connectivity index (χ4v) is 3.19. The van der Waals surface area contributed by atoms with Crippen LogP contribution in [0.3, 0.4) is 0 Å². The molecule has 2 fully saturated rings. The van der Waals surface area contributed by atoms with Gasteiger partial charge in [-0.25, -0.2) is 0 Å². The van der Waals surface area contributed by atoms with Crippen molar-refractivity contribution in [1.29, 1.82) is 0 Å². The van der Waals surface area contributed by atoms with E-state index in [0.717, 1.165) is 25.8 Å². The Hall–Kier alpha value is -1.35. The number of hydrogen-bond acceptors (Lipinski definition) is 2. The van der Waals surface area contributed by atoms with Crippen LogP contribution in [-0.4, -0.2) is 29.9 Å². The average Bonchev–Trinajstić information content (AvgIpc) is 3.23. The van der Waals surface area contributed by atoms with Crippen LogP contribution in [0.4, 0.5) is 0 Å². The van der Waals surface area contributed by atoms with Crippen molar-refractivity contribution in [3.63, 3.8) is 0 Å². The maximum Gasteiger partial charge on any atom is 0.233 e. The van der Waals surface area contributed by atoms with Gasteiger partial charge in [0.2, 0.25) is 5.91 Å². The van der Waals surface area contributed by atoms with E-state index >= 15 is 0 Å². The molecule has 0 bridgehead atoms. The third-order valence-corrected chi connectivity index (χ3v) is 4.87. The van der Waals surface area contributed by atoms with Crippen LogP contribution in [0.5, 0.6) is 0 Å². The van der Waals surface area contributed by atoms with Gasteiger partial charge in [-0.05, 0) is 50.6 Å². The van der Waals surface area contributed by atoms with Crippen LogP contribution < -0.4 is 5.73 Å². The molecule has 1 aromatic rings. The van der Waals surface area contributed by atoms with Crippen LogP contribution in [0, 0.1) is 0 Å². The maximum atomic E-state index is 13.1. The smallest absolute Gasteiger partial charge is 0.233 e. The zero-order valence-corrected chi connectivity index (χ0v) is 12.1. The summed E-state index contributed by atoms with van der Waals surface area (Å²) in [7, 11) is 0. The molecule has 2 saturated carbocycles. The summed E-state index contributed by atoms with van der Waals surface area (Å²) in [6.07, 6.45) is 6.51. The minimum Gasteiger partial charge on any atom is -0.339 e. The van der Waals surface area contributed by atoms with E-state index in [1.165, 1.54) is 24.8 Å². The summed E-state index contributed by atoms with van der Waals surface area (Å²) in [4.78, 5) is 15.2. The molecule has 0 spiro atoms. The van der Waals surface area contributed by atoms with Gasteiger partial charge in [0.1, 0.15) is 0 Å². The van der Waals surface area contributed by atoms with E-state index in [1.807, 2.05) is 18.2 Å². The summed E-state index contributed by atoms with van der Waals surface area (Å²) in [5.41, 5.74) is 6.61. The second kappa shape index (κ2) is 5.57. The van der Waals surface area contributed by atoms with E-state index in [0.29, 0.717) is 18.5 Å². The van der Waals surface area contributed by atoms with Crippen molar-refractivity contribution in [3.8, 4) is 0 Å². The van der Waals surface area contributed by atoms with Crippen molar-refractivity contribution in [2.45, 2.75) is 50.0 Å². The quantitative estimate of drug-likeness (QED) is 0.864. The van der Waals surface area contributed by atoms with Gasteiger partial charge in [-0.15, -0.1) is 0 Å². The summed E-state index contributed by atoms with van der Waals surface area (Å²) in [6.45, 7) is 1.49. The van der Waals surface area contributed by atoms with Gasteiger partial charge in [-0.2, -0.15) is 0 Å². The van der Waals surface area contributed by atoms with E-state index in [1.54, 1.807) is 0 Å². The van der Waals surface area contributed by atoms with Crippen molar-refractivity contribution in [2.24, 2.45) is 5.73 Å². The summed E-state index contributed by atoms with van der Waals surface area (Å²) in [5.74, 6) is 0.349. The molecular formula is C17H24N2O. The maximum absolute atomic E-state index is 13.1. The second-order valence-electron chi connectivity index (χ2n) is 6.17. The minimum atomic E-state index is -0.217. The summed E-state index contributed by atoms with van der Waals surface area (Å²) >= 11 is 0. The van der Waals surface area contributed by atoms with Crippen molar-refractivity contribution in [3.05, 3.63) is 35.9 Å². The number of carbonyl (C=O) groups is 1. The number of hydrogen-bond donors (Lipinski definition) is 1. The lowest BCUT2D eigenvalue weighted by molar-refractivity contribution is -0.138. The normalized spacial score (nSPS) is 20.2. The van der Waals surface area contributed by atoms with Crippen molar-refractivity contribution in [1.82, 2.24) is 4.90 Å². The molecule has 108 valence electrons. The van der Waals surface area contributed by atoms with E-state index < -0.39 is 0 Å². The van der Waals surface area contributed by atoms with Gasteiger partial charge >= 0.3 is 0 Å². The molecule has 0 aromatic heterocycles. The monoisotopic (exact) mass is 272 g/mol. The van der Waals surface area contributed by atoms with Crippen LogP contribution in [-0.2, 0) is 10.2 Å². The third kappa shape index (κ3) is 2.35. The Labute approximate surface area is 121 Å². The SMILES string of the molecule is NCCCN(C(=O)C1(c2ccccc2)CC1)C1CCC1. The van der Waals surface area contributed by atoms with E-state index in [2.05, 4.69) is 17.0 Å². The Morgan fingerprint density at radius 1 is 1.25 bits per heavy atom. The van der Waals surface area contributed by atoms with Crippen LogP contribution >= 0.6 is 0 Å². The Morgan fingerprint density at radius 3 is 2.45 bits per heavy atom. The molecular weight excluding hydrogens is 248 g/mol. The van der Waals surface area contributed by atoms with Crippen molar-refractivity contribution in [2.75, 3.05) is 13.1 Å². The molecule has 3 nitrogen and oxygen atoms in total. The fourth-order valence-electron chi connectivity index (χ4n) is 3.19. The zero-order chi connectivity index (χ0) is 14.0. The van der Waals surface area contributed by atoms with Crippen molar-refractivity contribution >= 4 is 5.91 Å². The molecule has 0 heterocycles. The molecule has 1 aromatic carbocycles. The topological polar surface area (TPSA) is 46.3 Å². The first-order valence-corrected chi connectivity index (χ1v) is 7.84. The number of nitrogens with zero attached hydrogens (tertiary/aromatic N) is 1. The van der Waals surface area contributed by atoms with E-state index in [4.69, 9.17) is 5.73 Å². The number of amides is 1. The number of nitrogens with two attached hydrogens (primary N) is 1. The van der Waals surface area contributed by atoms with Crippen LogP contribution in [0.25, 0.3) is 0 Å². The van der Waals surface area contributed by atoms with E-state index in [9.17, 15) is 4.79 Å². The van der Waals surface area contributed by atoms with Crippen LogP contribution in [0.15, 0.2) is 30.3 Å². The average molecular weight is 272 g/mol. The lowest BCUT2D eigenvalue weighted by Gasteiger charge is -2.39. The Balaban J connectivity index is 1.78. The fraction of sp³-hybridized carbons (Fsp3) is 0.588.